The Kier molecular flexibility index (Phi) is 8.35. The SMILES string of the molecule is CN[C@@H](CC[C@@H]1CCN(CC#Cc2cccs2)C[C@@H]1CO)c1ccnc2ccc(OC)cc12. The van der Waals surface area contributed by atoms with Crippen LogP contribution in [0.15, 0.2) is 48.0 Å². The van der Waals surface area contributed by atoms with E-state index in [2.05, 4.69) is 50.6 Å². The number of aliphatic hydroxyl groups excluding tert-OH is 1. The van der Waals surface area contributed by atoms with Gasteiger partial charge in [-0.2, -0.15) is 0 Å². The minimum atomic E-state index is 0.233. The summed E-state index contributed by atoms with van der Waals surface area (Å²) in [7, 11) is 3.72. The van der Waals surface area contributed by atoms with Crippen molar-refractivity contribution in [1.29, 1.82) is 0 Å². The van der Waals surface area contributed by atoms with Crippen LogP contribution in [0.2, 0.25) is 0 Å². The van der Waals surface area contributed by atoms with Crippen molar-refractivity contribution in [3.63, 3.8) is 0 Å². The number of benzene rings is 1. The maximum absolute atomic E-state index is 10.1. The molecule has 0 aliphatic carbocycles. The number of pyridine rings is 1. The zero-order chi connectivity index (χ0) is 23.0. The van der Waals surface area contributed by atoms with Gasteiger partial charge >= 0.3 is 0 Å². The Morgan fingerprint density at radius 3 is 2.97 bits per heavy atom. The summed E-state index contributed by atoms with van der Waals surface area (Å²) in [6, 6.07) is 12.5. The number of fused-ring (bicyclic) bond motifs is 1. The van der Waals surface area contributed by atoms with Crippen LogP contribution in [0.4, 0.5) is 0 Å². The highest BCUT2D eigenvalue weighted by molar-refractivity contribution is 7.10. The number of aliphatic hydroxyl groups is 1. The maximum Gasteiger partial charge on any atom is 0.119 e. The number of methoxy groups -OCH3 is 1. The lowest BCUT2D eigenvalue weighted by Crippen LogP contribution is -2.42. The first-order valence-electron chi connectivity index (χ1n) is 11.7. The maximum atomic E-state index is 10.1. The molecule has 0 bridgehead atoms. The third kappa shape index (κ3) is 5.93. The fourth-order valence-electron chi connectivity index (χ4n) is 4.89. The quantitative estimate of drug-likeness (QED) is 0.487. The first-order chi connectivity index (χ1) is 16.2. The number of hydrogen-bond donors (Lipinski definition) is 2. The average Bonchev–Trinajstić information content (AvgIpc) is 3.38. The van der Waals surface area contributed by atoms with Gasteiger partial charge in [-0.1, -0.05) is 17.9 Å². The van der Waals surface area contributed by atoms with E-state index in [0.717, 1.165) is 60.4 Å². The van der Waals surface area contributed by atoms with E-state index in [1.807, 2.05) is 31.4 Å². The van der Waals surface area contributed by atoms with Gasteiger partial charge in [0.15, 0.2) is 0 Å². The summed E-state index contributed by atoms with van der Waals surface area (Å²) in [5.41, 5.74) is 2.24. The minimum absolute atomic E-state index is 0.233. The van der Waals surface area contributed by atoms with Crippen LogP contribution in [-0.2, 0) is 0 Å². The van der Waals surface area contributed by atoms with E-state index in [1.54, 1.807) is 18.4 Å². The van der Waals surface area contributed by atoms with Crippen LogP contribution < -0.4 is 10.1 Å². The monoisotopic (exact) mass is 463 g/mol. The van der Waals surface area contributed by atoms with Crippen LogP contribution in [0.5, 0.6) is 5.75 Å². The van der Waals surface area contributed by atoms with E-state index in [9.17, 15) is 5.11 Å². The molecule has 2 N–H and O–H groups in total. The second-order valence-corrected chi connectivity index (χ2v) is 9.66. The van der Waals surface area contributed by atoms with E-state index < -0.39 is 0 Å². The number of aromatic nitrogens is 1. The predicted octanol–water partition coefficient (Wildman–Crippen LogP) is 4.33. The van der Waals surface area contributed by atoms with E-state index in [-0.39, 0.29) is 12.6 Å². The van der Waals surface area contributed by atoms with Gasteiger partial charge < -0.3 is 15.2 Å². The molecule has 33 heavy (non-hydrogen) atoms. The molecule has 0 unspecified atom stereocenters. The van der Waals surface area contributed by atoms with Crippen molar-refractivity contribution in [3.05, 3.63) is 58.4 Å². The third-order valence-electron chi connectivity index (χ3n) is 6.78. The molecule has 3 atom stereocenters. The van der Waals surface area contributed by atoms with Crippen LogP contribution in [0, 0.1) is 23.7 Å². The summed E-state index contributed by atoms with van der Waals surface area (Å²) in [5, 5.41) is 16.8. The second-order valence-electron chi connectivity index (χ2n) is 8.71. The van der Waals surface area contributed by atoms with E-state index in [0.29, 0.717) is 11.8 Å². The molecule has 2 aromatic heterocycles. The topological polar surface area (TPSA) is 57.6 Å². The largest absolute Gasteiger partial charge is 0.497 e. The molecule has 3 heterocycles. The molecule has 1 saturated heterocycles. The number of nitrogens with zero attached hydrogens (tertiary/aromatic N) is 2. The van der Waals surface area contributed by atoms with Crippen LogP contribution in [0.1, 0.15) is 35.7 Å². The van der Waals surface area contributed by atoms with Crippen LogP contribution in [0.3, 0.4) is 0 Å². The van der Waals surface area contributed by atoms with Crippen LogP contribution in [0.25, 0.3) is 10.9 Å². The van der Waals surface area contributed by atoms with Crippen molar-refractivity contribution >= 4 is 22.2 Å². The number of nitrogens with one attached hydrogen (secondary N) is 1. The lowest BCUT2D eigenvalue weighted by molar-refractivity contribution is 0.0734. The van der Waals surface area contributed by atoms with Crippen molar-refractivity contribution < 1.29 is 9.84 Å². The fourth-order valence-corrected chi connectivity index (χ4v) is 5.48. The summed E-state index contributed by atoms with van der Waals surface area (Å²) in [5.74, 6) is 8.22. The normalized spacial score (nSPS) is 19.7. The van der Waals surface area contributed by atoms with Crippen molar-refractivity contribution in [2.75, 3.05) is 40.4 Å². The lowest BCUT2D eigenvalue weighted by Gasteiger charge is -2.37. The molecule has 1 aliphatic rings. The van der Waals surface area contributed by atoms with E-state index >= 15 is 0 Å². The average molecular weight is 464 g/mol. The van der Waals surface area contributed by atoms with E-state index in [1.165, 1.54) is 5.56 Å². The molecule has 0 amide bonds. The molecule has 0 spiro atoms. The highest BCUT2D eigenvalue weighted by atomic mass is 32.1. The van der Waals surface area contributed by atoms with Crippen LogP contribution >= 0.6 is 11.3 Å². The highest BCUT2D eigenvalue weighted by Crippen LogP contribution is 2.33. The number of rotatable bonds is 8. The van der Waals surface area contributed by atoms with Gasteiger partial charge in [-0.05, 0) is 86.0 Å². The zero-order valence-corrected chi connectivity index (χ0v) is 20.3. The number of ether oxygens (including phenoxy) is 1. The Morgan fingerprint density at radius 1 is 1.30 bits per heavy atom. The zero-order valence-electron chi connectivity index (χ0n) is 19.5. The molecule has 1 fully saturated rings. The molecule has 1 aromatic carbocycles. The lowest BCUT2D eigenvalue weighted by atomic mass is 9.81. The Labute approximate surface area is 200 Å². The Morgan fingerprint density at radius 2 is 2.21 bits per heavy atom. The summed E-state index contributed by atoms with van der Waals surface area (Å²) >= 11 is 1.68. The predicted molar refractivity (Wildman–Crippen MR) is 136 cm³/mol. The molecule has 174 valence electrons. The fraction of sp³-hybridized carbons (Fsp3) is 0.444. The molecular formula is C27H33N3O2S. The number of hydrogen-bond acceptors (Lipinski definition) is 6. The molecule has 0 radical (unpaired) electrons. The summed E-state index contributed by atoms with van der Waals surface area (Å²) in [6.45, 7) is 2.96. The van der Waals surface area contributed by atoms with E-state index in [4.69, 9.17) is 4.74 Å². The second kappa shape index (κ2) is 11.6. The van der Waals surface area contributed by atoms with Gasteiger partial charge in [0, 0.05) is 30.8 Å². The van der Waals surface area contributed by atoms with Crippen molar-refractivity contribution in [1.82, 2.24) is 15.2 Å². The third-order valence-corrected chi connectivity index (χ3v) is 7.56. The van der Waals surface area contributed by atoms with Gasteiger partial charge in [-0.15, -0.1) is 11.3 Å². The first kappa shape index (κ1) is 23.7. The molecule has 1 aliphatic heterocycles. The molecule has 0 saturated carbocycles. The van der Waals surface area contributed by atoms with Gasteiger partial charge in [-0.3, -0.25) is 9.88 Å². The van der Waals surface area contributed by atoms with Gasteiger partial charge in [0.05, 0.1) is 24.0 Å². The molecule has 4 rings (SSSR count). The Balaban J connectivity index is 1.38. The number of piperidine rings is 1. The summed E-state index contributed by atoms with van der Waals surface area (Å²) < 4.78 is 5.44. The molecular weight excluding hydrogens is 430 g/mol. The summed E-state index contributed by atoms with van der Waals surface area (Å²) in [4.78, 5) is 8.02. The van der Waals surface area contributed by atoms with Gasteiger partial charge in [0.2, 0.25) is 0 Å². The molecule has 3 aromatic rings. The Hall–Kier alpha value is -2.43. The van der Waals surface area contributed by atoms with Crippen molar-refractivity contribution in [3.8, 4) is 17.6 Å². The number of thiophene rings is 1. The van der Waals surface area contributed by atoms with Crippen LogP contribution in [-0.4, -0.2) is 55.4 Å². The summed E-state index contributed by atoms with van der Waals surface area (Å²) in [6.07, 6.45) is 5.10. The Bertz CT molecular complexity index is 1090. The smallest absolute Gasteiger partial charge is 0.119 e. The molecule has 6 heteroatoms. The van der Waals surface area contributed by atoms with Gasteiger partial charge in [0.1, 0.15) is 5.75 Å². The minimum Gasteiger partial charge on any atom is -0.497 e. The molecule has 5 nitrogen and oxygen atoms in total. The highest BCUT2D eigenvalue weighted by Gasteiger charge is 2.29. The van der Waals surface area contributed by atoms with Crippen molar-refractivity contribution in [2.24, 2.45) is 11.8 Å². The standard InChI is InChI=1S/C27H33N3O2S/c1-28-26(24-11-13-29-27-10-8-22(32-2)17-25(24)27)9-7-20-12-15-30(18-21(20)19-31)14-3-5-23-6-4-16-33-23/h4,6,8,10-11,13,16-17,20-21,26,28,31H,7,9,12,14-15,18-19H2,1-2H3/t20-,21-,26+/m1/s1. The van der Waals surface area contributed by atoms with Gasteiger partial charge in [-0.25, -0.2) is 0 Å². The number of likely N-dealkylation sites (tertiary alicyclic amines) is 1. The van der Waals surface area contributed by atoms with Gasteiger partial charge in [0.25, 0.3) is 0 Å². The first-order valence-corrected chi connectivity index (χ1v) is 12.5. The van der Waals surface area contributed by atoms with Crippen molar-refractivity contribution in [2.45, 2.75) is 25.3 Å².